The topological polar surface area (TPSA) is 3.88 Å². The second-order valence-electron chi connectivity index (χ2n) is 6.74. The molecule has 0 N–H and O–H groups in total. The summed E-state index contributed by atoms with van der Waals surface area (Å²) in [5.74, 6) is -0.656. The van der Waals surface area contributed by atoms with Crippen LogP contribution in [0.4, 0.5) is 0 Å². The molecule has 118 valence electrons. The first-order chi connectivity index (χ1) is 11.6. The number of benzene rings is 2. The molecule has 0 amide bonds. The third-order valence-corrected chi connectivity index (χ3v) is 4.71. The van der Waals surface area contributed by atoms with Crippen LogP contribution >= 0.6 is 0 Å². The molecule has 0 aliphatic heterocycles. The summed E-state index contributed by atoms with van der Waals surface area (Å²) in [5, 5.41) is 2.23. The third-order valence-electron chi connectivity index (χ3n) is 4.71. The van der Waals surface area contributed by atoms with E-state index in [1.807, 2.05) is 31.5 Å². The zero-order valence-electron chi connectivity index (χ0n) is 16.9. The van der Waals surface area contributed by atoms with Crippen LogP contribution < -0.4 is 4.57 Å². The highest BCUT2D eigenvalue weighted by molar-refractivity contribution is 5.94. The maximum atomic E-state index is 8.44. The molecule has 0 bridgehead atoms. The van der Waals surface area contributed by atoms with Gasteiger partial charge in [-0.25, -0.2) is 4.57 Å². The van der Waals surface area contributed by atoms with E-state index < -0.39 is 5.89 Å². The van der Waals surface area contributed by atoms with Crippen molar-refractivity contribution in [3.8, 4) is 11.3 Å². The largest absolute Gasteiger partial charge is 0.220 e. The Labute approximate surface area is 142 Å². The lowest BCUT2D eigenvalue weighted by Crippen LogP contribution is -2.30. The van der Waals surface area contributed by atoms with Crippen molar-refractivity contribution in [1.29, 1.82) is 0 Å². The van der Waals surface area contributed by atoms with Crippen molar-refractivity contribution in [1.82, 2.24) is 0 Å². The Hall–Kier alpha value is -2.15. The molecular formula is C22H26N+. The lowest BCUT2D eigenvalue weighted by Gasteiger charge is -2.14. The highest BCUT2D eigenvalue weighted by Crippen LogP contribution is 2.32. The molecule has 0 aliphatic carbocycles. The predicted octanol–water partition coefficient (Wildman–Crippen LogP) is 5.38. The summed E-state index contributed by atoms with van der Waals surface area (Å²) in [6.45, 7) is 10.1. The molecule has 0 atom stereocenters. The zero-order valence-corrected chi connectivity index (χ0v) is 14.9. The summed E-state index contributed by atoms with van der Waals surface area (Å²) >= 11 is 0. The minimum absolute atomic E-state index is 0.487. The van der Waals surface area contributed by atoms with Gasteiger partial charge in [0.25, 0.3) is 0 Å². The SMILES string of the molecule is [2H]c1cc2cc(C)ccc2c(-c2cc(C([2H])(C)C)cc(C)c2C)[n+]1C. The minimum Gasteiger partial charge on any atom is -0.200 e. The van der Waals surface area contributed by atoms with Gasteiger partial charge in [-0.3, -0.25) is 0 Å². The number of nitrogens with zero attached hydrogens (tertiary/aromatic N) is 1. The number of rotatable bonds is 2. The molecule has 0 saturated carbocycles. The number of hydrogen-bond donors (Lipinski definition) is 0. The molecular weight excluding hydrogens is 278 g/mol. The van der Waals surface area contributed by atoms with Gasteiger partial charge in [0.2, 0.25) is 5.69 Å². The molecule has 0 fully saturated rings. The molecule has 1 aromatic heterocycles. The van der Waals surface area contributed by atoms with E-state index in [1.165, 1.54) is 16.7 Å². The standard InChI is InChI=1S/C22H26N/c1-14(2)19-12-16(4)17(5)21(13-19)22-20-8-7-15(3)11-18(20)9-10-23(22)6/h7-14H,1-6H3/q+1/i10D,14D. The fraction of sp³-hybridized carbons (Fsp3) is 0.318. The Morgan fingerprint density at radius 2 is 1.78 bits per heavy atom. The van der Waals surface area contributed by atoms with E-state index in [2.05, 4.69) is 51.1 Å². The maximum Gasteiger partial charge on any atom is 0.220 e. The number of aryl methyl sites for hydroxylation is 2. The summed E-state index contributed by atoms with van der Waals surface area (Å²) in [5.41, 5.74) is 6.75. The minimum atomic E-state index is -0.656. The van der Waals surface area contributed by atoms with Gasteiger partial charge < -0.3 is 0 Å². The number of hydrogen-bond acceptors (Lipinski definition) is 0. The second kappa shape index (κ2) is 5.81. The van der Waals surface area contributed by atoms with E-state index in [0.717, 1.165) is 27.6 Å². The average Bonchev–Trinajstić information content (AvgIpc) is 2.51. The Balaban J connectivity index is 2.44. The molecule has 1 heterocycles. The normalized spacial score (nSPS) is 13.1. The Morgan fingerprint density at radius 1 is 1.04 bits per heavy atom. The Bertz CT molecular complexity index is 982. The summed E-state index contributed by atoms with van der Waals surface area (Å²) in [4.78, 5) is 0. The van der Waals surface area contributed by atoms with Crippen molar-refractivity contribution in [3.05, 3.63) is 64.8 Å². The zero-order chi connectivity index (χ0) is 18.5. The van der Waals surface area contributed by atoms with Crippen molar-refractivity contribution >= 4 is 10.8 Å². The molecule has 2 aromatic carbocycles. The number of fused-ring (bicyclic) bond motifs is 1. The van der Waals surface area contributed by atoms with Crippen LogP contribution in [-0.2, 0) is 7.05 Å². The van der Waals surface area contributed by atoms with Gasteiger partial charge in [-0.05, 0) is 60.9 Å². The molecule has 0 aliphatic rings. The smallest absolute Gasteiger partial charge is 0.200 e. The van der Waals surface area contributed by atoms with Crippen molar-refractivity contribution in [2.24, 2.45) is 7.05 Å². The molecule has 23 heavy (non-hydrogen) atoms. The van der Waals surface area contributed by atoms with Crippen molar-refractivity contribution in [2.75, 3.05) is 0 Å². The lowest BCUT2D eigenvalue weighted by molar-refractivity contribution is -0.659. The average molecular weight is 306 g/mol. The van der Waals surface area contributed by atoms with Crippen LogP contribution in [0.25, 0.3) is 22.0 Å². The van der Waals surface area contributed by atoms with Crippen LogP contribution in [0.2, 0.25) is 0 Å². The fourth-order valence-corrected chi connectivity index (χ4v) is 3.15. The van der Waals surface area contributed by atoms with E-state index in [0.29, 0.717) is 6.17 Å². The van der Waals surface area contributed by atoms with Crippen LogP contribution in [0.3, 0.4) is 0 Å². The lowest BCUT2D eigenvalue weighted by atomic mass is 9.91. The van der Waals surface area contributed by atoms with Gasteiger partial charge in [-0.2, -0.15) is 0 Å². The van der Waals surface area contributed by atoms with Gasteiger partial charge in [0.1, 0.15) is 8.42 Å². The van der Waals surface area contributed by atoms with Crippen LogP contribution in [0.1, 0.15) is 44.7 Å². The fourth-order valence-electron chi connectivity index (χ4n) is 3.15. The van der Waals surface area contributed by atoms with Crippen molar-refractivity contribution in [3.63, 3.8) is 0 Å². The van der Waals surface area contributed by atoms with E-state index in [4.69, 9.17) is 2.74 Å². The van der Waals surface area contributed by atoms with Crippen molar-refractivity contribution in [2.45, 2.75) is 40.5 Å². The molecule has 1 heteroatoms. The molecule has 0 saturated heterocycles. The van der Waals surface area contributed by atoms with Gasteiger partial charge in [0, 0.05) is 7.44 Å². The first-order valence-electron chi connectivity index (χ1n) is 9.11. The van der Waals surface area contributed by atoms with Gasteiger partial charge in [0.05, 0.1) is 10.9 Å². The van der Waals surface area contributed by atoms with E-state index in [9.17, 15) is 0 Å². The summed E-state index contributed by atoms with van der Waals surface area (Å²) in [6.07, 6.45) is 0.487. The van der Waals surface area contributed by atoms with Crippen LogP contribution in [-0.4, -0.2) is 0 Å². The van der Waals surface area contributed by atoms with E-state index in [-0.39, 0.29) is 0 Å². The summed E-state index contributed by atoms with van der Waals surface area (Å²) in [6, 6.07) is 12.6. The molecule has 0 radical (unpaired) electrons. The summed E-state index contributed by atoms with van der Waals surface area (Å²) < 4.78 is 18.8. The second-order valence-corrected chi connectivity index (χ2v) is 6.74. The van der Waals surface area contributed by atoms with E-state index in [1.54, 1.807) is 0 Å². The highest BCUT2D eigenvalue weighted by Gasteiger charge is 2.19. The molecule has 1 nitrogen and oxygen atoms in total. The van der Waals surface area contributed by atoms with Gasteiger partial charge in [0.15, 0.2) is 6.17 Å². The molecule has 3 rings (SSSR count). The molecule has 3 aromatic rings. The van der Waals surface area contributed by atoms with E-state index >= 15 is 0 Å². The van der Waals surface area contributed by atoms with Gasteiger partial charge in [-0.15, -0.1) is 0 Å². The Morgan fingerprint density at radius 3 is 2.48 bits per heavy atom. The van der Waals surface area contributed by atoms with Gasteiger partial charge >= 0.3 is 0 Å². The summed E-state index contributed by atoms with van der Waals surface area (Å²) in [7, 11) is 1.95. The van der Waals surface area contributed by atoms with Crippen LogP contribution in [0.15, 0.2) is 42.6 Å². The molecule has 0 spiro atoms. The quantitative estimate of drug-likeness (QED) is 0.560. The van der Waals surface area contributed by atoms with Crippen LogP contribution in [0.5, 0.6) is 0 Å². The number of aromatic nitrogens is 1. The first-order valence-corrected chi connectivity index (χ1v) is 8.11. The number of pyridine rings is 1. The first kappa shape index (κ1) is 13.3. The monoisotopic (exact) mass is 306 g/mol. The third kappa shape index (κ3) is 2.76. The van der Waals surface area contributed by atoms with Crippen LogP contribution in [0, 0.1) is 20.8 Å². The predicted molar refractivity (Wildman–Crippen MR) is 98.9 cm³/mol. The Kier molecular flexibility index (Phi) is 3.36. The highest BCUT2D eigenvalue weighted by atomic mass is 14.9. The molecule has 0 unspecified atom stereocenters. The van der Waals surface area contributed by atoms with Crippen molar-refractivity contribution < 1.29 is 7.31 Å². The van der Waals surface area contributed by atoms with Gasteiger partial charge in [-0.1, -0.05) is 37.6 Å². The maximum absolute atomic E-state index is 8.44.